The zero-order valence-electron chi connectivity index (χ0n) is 15.5. The van der Waals surface area contributed by atoms with Gasteiger partial charge in [-0.25, -0.2) is 4.98 Å². The Bertz CT molecular complexity index is 1050. The zero-order valence-corrected chi connectivity index (χ0v) is 17.1. The summed E-state index contributed by atoms with van der Waals surface area (Å²) in [5, 5.41) is 6.10. The highest BCUT2D eigenvalue weighted by Gasteiger charge is 2.11. The summed E-state index contributed by atoms with van der Waals surface area (Å²) in [6.45, 7) is 2.52. The summed E-state index contributed by atoms with van der Waals surface area (Å²) in [6.07, 6.45) is 0.380. The molecule has 0 fully saturated rings. The van der Waals surface area contributed by atoms with Gasteiger partial charge >= 0.3 is 0 Å². The minimum atomic E-state index is 0.0259. The molecule has 0 aliphatic carbocycles. The topological polar surface area (TPSA) is 42.0 Å². The first-order chi connectivity index (χ1) is 13.7. The number of rotatable bonds is 6. The normalized spacial score (nSPS) is 10.8. The van der Waals surface area contributed by atoms with E-state index in [4.69, 9.17) is 0 Å². The van der Waals surface area contributed by atoms with E-state index < -0.39 is 0 Å². The monoisotopic (exact) mass is 404 g/mol. The van der Waals surface area contributed by atoms with Crippen LogP contribution < -0.4 is 5.32 Å². The number of aromatic nitrogens is 1. The number of aryl methyl sites for hydroxylation is 1. The van der Waals surface area contributed by atoms with E-state index in [1.165, 1.54) is 10.4 Å². The molecular weight excluding hydrogens is 384 g/mol. The molecule has 0 saturated carbocycles. The zero-order chi connectivity index (χ0) is 19.3. The molecule has 2 heterocycles. The van der Waals surface area contributed by atoms with Crippen LogP contribution in [0.1, 0.15) is 16.1 Å². The maximum absolute atomic E-state index is 12.4. The Balaban J connectivity index is 1.35. The van der Waals surface area contributed by atoms with Crippen LogP contribution in [0.5, 0.6) is 0 Å². The van der Waals surface area contributed by atoms with E-state index >= 15 is 0 Å². The Morgan fingerprint density at radius 2 is 1.71 bits per heavy atom. The highest BCUT2D eigenvalue weighted by atomic mass is 32.1. The van der Waals surface area contributed by atoms with E-state index in [1.807, 2.05) is 43.3 Å². The van der Waals surface area contributed by atoms with Crippen LogP contribution in [-0.2, 0) is 17.8 Å². The molecule has 4 aromatic rings. The third kappa shape index (κ3) is 4.38. The lowest BCUT2D eigenvalue weighted by Gasteiger charge is -2.06. The van der Waals surface area contributed by atoms with Crippen LogP contribution in [0.3, 0.4) is 0 Å². The Morgan fingerprint density at radius 3 is 2.43 bits per heavy atom. The molecule has 0 unspecified atom stereocenters. The average Bonchev–Trinajstić information content (AvgIpc) is 3.37. The fraction of sp³-hybridized carbons (Fsp3) is 0.130. The standard InChI is InChI=1S/C23H20N2OS2/c1-16-21(28-23(25-16)20-8-5-13-27-20)15-24-22(26)14-17-9-11-19(12-10-17)18-6-3-2-4-7-18/h2-13H,14-15H2,1H3,(H,24,26). The van der Waals surface area contributed by atoms with E-state index in [0.717, 1.165) is 26.7 Å². The van der Waals surface area contributed by atoms with E-state index in [9.17, 15) is 4.79 Å². The van der Waals surface area contributed by atoms with Gasteiger partial charge in [-0.1, -0.05) is 60.7 Å². The number of carbonyl (C=O) groups excluding carboxylic acids is 1. The van der Waals surface area contributed by atoms with Crippen LogP contribution in [-0.4, -0.2) is 10.9 Å². The number of nitrogens with zero attached hydrogens (tertiary/aromatic N) is 1. The molecule has 28 heavy (non-hydrogen) atoms. The summed E-state index contributed by atoms with van der Waals surface area (Å²) >= 11 is 3.33. The summed E-state index contributed by atoms with van der Waals surface area (Å²) in [4.78, 5) is 19.3. The van der Waals surface area contributed by atoms with Crippen LogP contribution in [0.4, 0.5) is 0 Å². The van der Waals surface area contributed by atoms with Crippen molar-refractivity contribution in [1.29, 1.82) is 0 Å². The van der Waals surface area contributed by atoms with Crippen LogP contribution in [0, 0.1) is 6.92 Å². The van der Waals surface area contributed by atoms with Crippen molar-refractivity contribution < 1.29 is 4.79 Å². The van der Waals surface area contributed by atoms with Crippen LogP contribution in [0.15, 0.2) is 72.1 Å². The second-order valence-corrected chi connectivity index (χ2v) is 8.55. The summed E-state index contributed by atoms with van der Waals surface area (Å²) in [6, 6.07) is 22.5. The van der Waals surface area contributed by atoms with Gasteiger partial charge in [0.15, 0.2) is 0 Å². The molecule has 3 nitrogen and oxygen atoms in total. The van der Waals surface area contributed by atoms with Gasteiger partial charge in [-0.2, -0.15) is 0 Å². The molecule has 0 spiro atoms. The molecule has 4 rings (SSSR count). The quantitative estimate of drug-likeness (QED) is 0.447. The predicted molar refractivity (Wildman–Crippen MR) is 118 cm³/mol. The third-order valence-electron chi connectivity index (χ3n) is 4.50. The number of benzene rings is 2. The molecule has 1 amide bonds. The first-order valence-corrected chi connectivity index (χ1v) is 10.8. The number of thiazole rings is 1. The Hall–Kier alpha value is -2.76. The summed E-state index contributed by atoms with van der Waals surface area (Å²) < 4.78 is 0. The highest BCUT2D eigenvalue weighted by Crippen LogP contribution is 2.31. The summed E-state index contributed by atoms with van der Waals surface area (Å²) in [5.74, 6) is 0.0259. The van der Waals surface area contributed by atoms with Gasteiger partial charge in [-0.3, -0.25) is 4.79 Å². The number of hydrogen-bond donors (Lipinski definition) is 1. The first-order valence-electron chi connectivity index (χ1n) is 9.10. The molecule has 2 aromatic carbocycles. The molecule has 0 aliphatic heterocycles. The summed E-state index contributed by atoms with van der Waals surface area (Å²) in [7, 11) is 0. The van der Waals surface area contributed by atoms with Crippen molar-refractivity contribution in [2.75, 3.05) is 0 Å². The molecule has 0 saturated heterocycles. The van der Waals surface area contributed by atoms with Crippen LogP contribution >= 0.6 is 22.7 Å². The number of thiophene rings is 1. The second kappa shape index (κ2) is 8.50. The van der Waals surface area contributed by atoms with Gasteiger partial charge in [0.05, 0.1) is 23.5 Å². The Morgan fingerprint density at radius 1 is 0.964 bits per heavy atom. The first kappa shape index (κ1) is 18.6. The lowest BCUT2D eigenvalue weighted by molar-refractivity contribution is -0.120. The van der Waals surface area contributed by atoms with Crippen LogP contribution in [0.2, 0.25) is 0 Å². The molecular formula is C23H20N2OS2. The van der Waals surface area contributed by atoms with Crippen molar-refractivity contribution >= 4 is 28.6 Å². The van der Waals surface area contributed by atoms with Gasteiger partial charge in [0.2, 0.25) is 5.91 Å². The Kier molecular flexibility index (Phi) is 5.65. The maximum Gasteiger partial charge on any atom is 0.224 e. The highest BCUT2D eigenvalue weighted by molar-refractivity contribution is 7.21. The van der Waals surface area contributed by atoms with Crippen molar-refractivity contribution in [2.24, 2.45) is 0 Å². The van der Waals surface area contributed by atoms with Crippen LogP contribution in [0.25, 0.3) is 21.0 Å². The van der Waals surface area contributed by atoms with Gasteiger partial charge in [0.25, 0.3) is 0 Å². The van der Waals surface area contributed by atoms with Gasteiger partial charge in [0, 0.05) is 4.88 Å². The van der Waals surface area contributed by atoms with E-state index in [2.05, 4.69) is 46.0 Å². The average molecular weight is 405 g/mol. The van der Waals surface area contributed by atoms with Crippen molar-refractivity contribution in [3.63, 3.8) is 0 Å². The number of hydrogen-bond acceptors (Lipinski definition) is 4. The number of nitrogens with one attached hydrogen (secondary N) is 1. The third-order valence-corrected chi connectivity index (χ3v) is 6.69. The number of carbonyl (C=O) groups is 1. The Labute approximate surface area is 172 Å². The molecule has 5 heteroatoms. The number of amides is 1. The van der Waals surface area contributed by atoms with E-state index in [-0.39, 0.29) is 5.91 Å². The lowest BCUT2D eigenvalue weighted by atomic mass is 10.0. The molecule has 2 aromatic heterocycles. The largest absolute Gasteiger partial charge is 0.351 e. The maximum atomic E-state index is 12.4. The molecule has 0 radical (unpaired) electrons. The fourth-order valence-corrected chi connectivity index (χ4v) is 4.77. The molecule has 140 valence electrons. The minimum absolute atomic E-state index is 0.0259. The van der Waals surface area contributed by atoms with Crippen molar-refractivity contribution in [3.8, 4) is 21.0 Å². The lowest BCUT2D eigenvalue weighted by Crippen LogP contribution is -2.24. The van der Waals surface area contributed by atoms with E-state index in [0.29, 0.717) is 13.0 Å². The molecule has 1 N–H and O–H groups in total. The van der Waals surface area contributed by atoms with Crippen molar-refractivity contribution in [3.05, 3.63) is 88.2 Å². The smallest absolute Gasteiger partial charge is 0.224 e. The fourth-order valence-electron chi connectivity index (χ4n) is 2.97. The van der Waals surface area contributed by atoms with Gasteiger partial charge < -0.3 is 5.32 Å². The molecule has 0 aliphatic rings. The molecule has 0 bridgehead atoms. The van der Waals surface area contributed by atoms with Gasteiger partial charge in [0.1, 0.15) is 5.01 Å². The molecule has 0 atom stereocenters. The van der Waals surface area contributed by atoms with Gasteiger partial charge in [-0.05, 0) is 35.1 Å². The van der Waals surface area contributed by atoms with E-state index in [1.54, 1.807) is 22.7 Å². The van der Waals surface area contributed by atoms with Gasteiger partial charge in [-0.15, -0.1) is 22.7 Å². The SMILES string of the molecule is Cc1nc(-c2cccs2)sc1CNC(=O)Cc1ccc(-c2ccccc2)cc1. The predicted octanol–water partition coefficient (Wildman–Crippen LogP) is 5.71. The summed E-state index contributed by atoms with van der Waals surface area (Å²) in [5.41, 5.74) is 4.34. The van der Waals surface area contributed by atoms with Crippen molar-refractivity contribution in [2.45, 2.75) is 19.9 Å². The van der Waals surface area contributed by atoms with Crippen molar-refractivity contribution in [1.82, 2.24) is 10.3 Å². The minimum Gasteiger partial charge on any atom is -0.351 e. The second-order valence-electron chi connectivity index (χ2n) is 6.52.